The van der Waals surface area contributed by atoms with Crippen molar-refractivity contribution in [2.24, 2.45) is 0 Å². The summed E-state index contributed by atoms with van der Waals surface area (Å²) in [5.41, 5.74) is 0.981. The number of fused-ring (bicyclic) bond motifs is 1. The Bertz CT molecular complexity index is 381. The Labute approximate surface area is 93.0 Å². The first-order valence-electron chi connectivity index (χ1n) is 4.55. The van der Waals surface area contributed by atoms with Crippen LogP contribution in [-0.4, -0.2) is 18.5 Å². The number of benzene rings is 1. The largest absolute Gasteiger partial charge is 0.454 e. The Morgan fingerprint density at radius 1 is 1.40 bits per heavy atom. The molecule has 0 bridgehead atoms. The fraction of sp³-hybridized carbons (Fsp3) is 0.300. The van der Waals surface area contributed by atoms with Gasteiger partial charge in [-0.25, -0.2) is 0 Å². The fourth-order valence-corrected chi connectivity index (χ4v) is 1.42. The monoisotopic (exact) mass is 225 g/mol. The standard InChI is InChI=1S/C10H11NO3S/c12-10(5-15)11-4-7-1-2-8-9(3-7)14-6-13-8/h1-3,15H,4-6H2,(H,11,12). The van der Waals surface area contributed by atoms with Crippen LogP contribution in [0.2, 0.25) is 0 Å². The van der Waals surface area contributed by atoms with Crippen LogP contribution in [-0.2, 0) is 11.3 Å². The van der Waals surface area contributed by atoms with E-state index >= 15 is 0 Å². The van der Waals surface area contributed by atoms with Crippen molar-refractivity contribution in [3.8, 4) is 11.5 Å². The van der Waals surface area contributed by atoms with Crippen molar-refractivity contribution < 1.29 is 14.3 Å². The molecule has 1 heterocycles. The topological polar surface area (TPSA) is 47.6 Å². The Morgan fingerprint density at radius 2 is 2.20 bits per heavy atom. The van der Waals surface area contributed by atoms with E-state index in [0.29, 0.717) is 6.54 Å². The molecule has 0 radical (unpaired) electrons. The SMILES string of the molecule is O=C(CS)NCc1ccc2c(c1)OCO2. The first-order valence-corrected chi connectivity index (χ1v) is 5.19. The third kappa shape index (κ3) is 2.36. The number of ether oxygens (including phenoxy) is 2. The van der Waals surface area contributed by atoms with E-state index in [1.165, 1.54) is 0 Å². The molecular weight excluding hydrogens is 214 g/mol. The van der Waals surface area contributed by atoms with Crippen LogP contribution in [0.15, 0.2) is 18.2 Å². The second-order valence-corrected chi connectivity index (χ2v) is 3.44. The average Bonchev–Trinajstić information content (AvgIpc) is 2.72. The second kappa shape index (κ2) is 4.44. The van der Waals surface area contributed by atoms with Gasteiger partial charge < -0.3 is 14.8 Å². The number of thiol groups is 1. The van der Waals surface area contributed by atoms with Crippen LogP contribution in [0, 0.1) is 0 Å². The average molecular weight is 225 g/mol. The van der Waals surface area contributed by atoms with Crippen LogP contribution in [0.25, 0.3) is 0 Å². The molecule has 1 amide bonds. The molecule has 1 N–H and O–H groups in total. The Hall–Kier alpha value is -1.36. The van der Waals surface area contributed by atoms with Gasteiger partial charge in [-0.2, -0.15) is 12.6 Å². The van der Waals surface area contributed by atoms with Crippen molar-refractivity contribution in [2.75, 3.05) is 12.5 Å². The van der Waals surface area contributed by atoms with Gasteiger partial charge in [0.05, 0.1) is 5.75 Å². The molecule has 1 aliphatic heterocycles. The molecule has 0 aromatic heterocycles. The molecule has 0 atom stereocenters. The van der Waals surface area contributed by atoms with Gasteiger partial charge in [0.2, 0.25) is 12.7 Å². The molecule has 0 fully saturated rings. The molecule has 5 heteroatoms. The summed E-state index contributed by atoms with van der Waals surface area (Å²) in [7, 11) is 0. The molecular formula is C10H11NO3S. The summed E-state index contributed by atoms with van der Waals surface area (Å²) in [6.07, 6.45) is 0. The predicted octanol–water partition coefficient (Wildman–Crippen LogP) is 0.961. The van der Waals surface area contributed by atoms with Crippen molar-refractivity contribution in [3.05, 3.63) is 23.8 Å². The van der Waals surface area contributed by atoms with Gasteiger partial charge in [-0.15, -0.1) is 0 Å². The predicted molar refractivity (Wildman–Crippen MR) is 58.3 cm³/mol. The maximum absolute atomic E-state index is 11.0. The fourth-order valence-electron chi connectivity index (χ4n) is 1.31. The highest BCUT2D eigenvalue weighted by atomic mass is 32.1. The van der Waals surface area contributed by atoms with E-state index in [1.807, 2.05) is 18.2 Å². The summed E-state index contributed by atoms with van der Waals surface area (Å²) in [5, 5.41) is 2.73. The second-order valence-electron chi connectivity index (χ2n) is 3.12. The van der Waals surface area contributed by atoms with Crippen LogP contribution in [0.3, 0.4) is 0 Å². The van der Waals surface area contributed by atoms with E-state index in [1.54, 1.807) is 0 Å². The third-order valence-corrected chi connectivity index (χ3v) is 2.36. The van der Waals surface area contributed by atoms with Gasteiger partial charge in [0.1, 0.15) is 0 Å². The first-order chi connectivity index (χ1) is 7.29. The van der Waals surface area contributed by atoms with Crippen molar-refractivity contribution in [1.29, 1.82) is 0 Å². The minimum absolute atomic E-state index is 0.0870. The number of carbonyl (C=O) groups excluding carboxylic acids is 1. The number of hydrogen-bond donors (Lipinski definition) is 2. The first kappa shape index (κ1) is 10.2. The molecule has 0 aliphatic carbocycles. The molecule has 1 aromatic rings. The molecule has 0 unspecified atom stereocenters. The number of nitrogens with one attached hydrogen (secondary N) is 1. The maximum atomic E-state index is 11.0. The van der Waals surface area contributed by atoms with E-state index in [0.717, 1.165) is 17.1 Å². The molecule has 1 aliphatic rings. The summed E-state index contributed by atoms with van der Waals surface area (Å²) in [6, 6.07) is 5.60. The van der Waals surface area contributed by atoms with Crippen LogP contribution in [0.5, 0.6) is 11.5 Å². The number of carbonyl (C=O) groups is 1. The Kier molecular flexibility index (Phi) is 3.01. The maximum Gasteiger partial charge on any atom is 0.231 e. The molecule has 15 heavy (non-hydrogen) atoms. The van der Waals surface area contributed by atoms with Crippen LogP contribution < -0.4 is 14.8 Å². The molecule has 0 spiro atoms. The highest BCUT2D eigenvalue weighted by Crippen LogP contribution is 2.32. The number of amides is 1. The zero-order valence-corrected chi connectivity index (χ0v) is 8.92. The van der Waals surface area contributed by atoms with Crippen molar-refractivity contribution in [2.45, 2.75) is 6.54 Å². The summed E-state index contributed by atoms with van der Waals surface area (Å²) >= 11 is 3.87. The molecule has 80 valence electrons. The molecule has 0 saturated heterocycles. The number of hydrogen-bond acceptors (Lipinski definition) is 4. The van der Waals surface area contributed by atoms with E-state index in [2.05, 4.69) is 17.9 Å². The van der Waals surface area contributed by atoms with Gasteiger partial charge in [-0.3, -0.25) is 4.79 Å². The van der Waals surface area contributed by atoms with Gasteiger partial charge in [0.15, 0.2) is 11.5 Å². The summed E-state index contributed by atoms with van der Waals surface area (Å²) in [5.74, 6) is 1.59. The molecule has 2 rings (SSSR count). The number of rotatable bonds is 3. The van der Waals surface area contributed by atoms with Gasteiger partial charge in [-0.05, 0) is 17.7 Å². The quantitative estimate of drug-likeness (QED) is 0.753. The minimum Gasteiger partial charge on any atom is -0.454 e. The van der Waals surface area contributed by atoms with Gasteiger partial charge in [-0.1, -0.05) is 6.07 Å². The minimum atomic E-state index is -0.0870. The lowest BCUT2D eigenvalue weighted by molar-refractivity contribution is -0.118. The van der Waals surface area contributed by atoms with Crippen molar-refractivity contribution >= 4 is 18.5 Å². The zero-order chi connectivity index (χ0) is 10.7. The van der Waals surface area contributed by atoms with Crippen LogP contribution in [0.4, 0.5) is 0 Å². The van der Waals surface area contributed by atoms with Gasteiger partial charge in [0, 0.05) is 6.54 Å². The summed E-state index contributed by atoms with van der Waals surface area (Å²) in [4.78, 5) is 11.0. The van der Waals surface area contributed by atoms with E-state index in [4.69, 9.17) is 9.47 Å². The third-order valence-electron chi connectivity index (χ3n) is 2.07. The normalized spacial score (nSPS) is 12.6. The van der Waals surface area contributed by atoms with Crippen LogP contribution in [0.1, 0.15) is 5.56 Å². The highest BCUT2D eigenvalue weighted by Gasteiger charge is 2.12. The van der Waals surface area contributed by atoms with Crippen molar-refractivity contribution in [3.63, 3.8) is 0 Å². The molecule has 1 aromatic carbocycles. The van der Waals surface area contributed by atoms with E-state index < -0.39 is 0 Å². The summed E-state index contributed by atoms with van der Waals surface area (Å²) < 4.78 is 10.4. The van der Waals surface area contributed by atoms with E-state index in [-0.39, 0.29) is 18.5 Å². The Morgan fingerprint density at radius 3 is 3.00 bits per heavy atom. The lowest BCUT2D eigenvalue weighted by Crippen LogP contribution is -2.23. The van der Waals surface area contributed by atoms with Gasteiger partial charge in [0.25, 0.3) is 0 Å². The molecule has 0 saturated carbocycles. The zero-order valence-electron chi connectivity index (χ0n) is 8.03. The van der Waals surface area contributed by atoms with Crippen molar-refractivity contribution in [1.82, 2.24) is 5.32 Å². The van der Waals surface area contributed by atoms with E-state index in [9.17, 15) is 4.79 Å². The Balaban J connectivity index is 2.01. The smallest absolute Gasteiger partial charge is 0.231 e. The molecule has 4 nitrogen and oxygen atoms in total. The highest BCUT2D eigenvalue weighted by molar-refractivity contribution is 7.81. The lowest BCUT2D eigenvalue weighted by Gasteiger charge is -2.04. The van der Waals surface area contributed by atoms with Gasteiger partial charge >= 0.3 is 0 Å². The lowest BCUT2D eigenvalue weighted by atomic mass is 10.2. The van der Waals surface area contributed by atoms with Crippen LogP contribution >= 0.6 is 12.6 Å². The summed E-state index contributed by atoms with van der Waals surface area (Å²) in [6.45, 7) is 0.748.